The Morgan fingerprint density at radius 3 is 0.882 bits per heavy atom. The molecule has 0 aromatic heterocycles. The molecule has 0 aliphatic rings. The van der Waals surface area contributed by atoms with Crippen LogP contribution in [0, 0.1) is 0 Å². The third-order valence-electron chi connectivity index (χ3n) is 5.76. The lowest BCUT2D eigenvalue weighted by molar-refractivity contribution is -0.128. The highest BCUT2D eigenvalue weighted by Gasteiger charge is 2.48. The fourth-order valence-corrected chi connectivity index (χ4v) is 9.26. The summed E-state index contributed by atoms with van der Waals surface area (Å²) >= 11 is 0. The van der Waals surface area contributed by atoms with E-state index in [1.807, 2.05) is 0 Å². The third-order valence-corrected chi connectivity index (χ3v) is 11.9. The maximum atomic E-state index is 14.4. The second-order valence-electron chi connectivity index (χ2n) is 7.81. The lowest BCUT2D eigenvalue weighted by Gasteiger charge is -2.29. The van der Waals surface area contributed by atoms with Crippen LogP contribution in [0.1, 0.15) is 0 Å². The van der Waals surface area contributed by atoms with Gasteiger partial charge in [0.1, 0.15) is 0 Å². The molecular weight excluding hydrogens is 466 g/mol. The molecule has 0 spiro atoms. The van der Waals surface area contributed by atoms with Crippen LogP contribution in [0.5, 0.6) is 0 Å². The van der Waals surface area contributed by atoms with Gasteiger partial charge in [0.15, 0.2) is 26.0 Å². The van der Waals surface area contributed by atoms with Crippen LogP contribution in [-0.2, 0) is 13.9 Å². The normalized spacial score (nSPS) is 13.7. The molecular formula is C27H24O5P2. The minimum Gasteiger partial charge on any atom is -0.377 e. The van der Waals surface area contributed by atoms with E-state index in [1.165, 1.54) is 0 Å². The minimum absolute atomic E-state index is 0.267. The zero-order valence-corrected chi connectivity index (χ0v) is 20.0. The Morgan fingerprint density at radius 2 is 0.676 bits per heavy atom. The number of hydrogen-bond acceptors (Lipinski definition) is 5. The SMILES string of the molecule is O=C(C(O)P(=O)(c1ccccc1)c1ccccc1)C(O)P(=O)(c1ccccc1)c1ccccc1. The number of rotatable bonds is 8. The molecule has 7 heteroatoms. The second kappa shape index (κ2) is 10.0. The number of ketones is 1. The molecule has 0 radical (unpaired) electrons. The van der Waals surface area contributed by atoms with Gasteiger partial charge in [-0.1, -0.05) is 121 Å². The number of hydrogen-bond donors (Lipinski definition) is 2. The number of aliphatic hydroxyl groups is 2. The Hall–Kier alpha value is -3.07. The zero-order valence-electron chi connectivity index (χ0n) is 18.2. The number of carbonyl (C=O) groups is 1. The van der Waals surface area contributed by atoms with Crippen molar-refractivity contribution >= 4 is 41.3 Å². The molecule has 0 bridgehead atoms. The second-order valence-corrected chi connectivity index (χ2v) is 13.5. The zero-order chi connectivity index (χ0) is 24.2. The first-order valence-electron chi connectivity index (χ1n) is 10.7. The average molecular weight is 490 g/mol. The van der Waals surface area contributed by atoms with Gasteiger partial charge < -0.3 is 19.3 Å². The molecule has 0 aliphatic carbocycles. The summed E-state index contributed by atoms with van der Waals surface area (Å²) in [7, 11) is -7.91. The van der Waals surface area contributed by atoms with Crippen molar-refractivity contribution in [3.8, 4) is 0 Å². The molecule has 4 aromatic carbocycles. The molecule has 5 nitrogen and oxygen atoms in total. The summed E-state index contributed by atoms with van der Waals surface area (Å²) in [6.45, 7) is 0. The first-order valence-corrected chi connectivity index (χ1v) is 14.3. The molecule has 34 heavy (non-hydrogen) atoms. The van der Waals surface area contributed by atoms with Gasteiger partial charge in [0.05, 0.1) is 0 Å². The topological polar surface area (TPSA) is 91.7 Å². The van der Waals surface area contributed by atoms with E-state index in [0.717, 1.165) is 0 Å². The number of carbonyl (C=O) groups excluding carboxylic acids is 1. The summed E-state index contributed by atoms with van der Waals surface area (Å²) < 4.78 is 28.8. The van der Waals surface area contributed by atoms with E-state index >= 15 is 0 Å². The molecule has 0 saturated heterocycles. The van der Waals surface area contributed by atoms with Crippen molar-refractivity contribution in [2.24, 2.45) is 0 Å². The number of aliphatic hydroxyl groups excluding tert-OH is 2. The Balaban J connectivity index is 1.84. The fourth-order valence-electron chi connectivity index (χ4n) is 3.95. The monoisotopic (exact) mass is 490 g/mol. The summed E-state index contributed by atoms with van der Waals surface area (Å²) in [6, 6.07) is 32.9. The fraction of sp³-hybridized carbons (Fsp3) is 0.0741. The van der Waals surface area contributed by atoms with Gasteiger partial charge in [0, 0.05) is 21.2 Å². The van der Waals surface area contributed by atoms with E-state index in [0.29, 0.717) is 0 Å². The van der Waals surface area contributed by atoms with Crippen molar-refractivity contribution < 1.29 is 24.1 Å². The van der Waals surface area contributed by atoms with Gasteiger partial charge in [-0.15, -0.1) is 0 Å². The molecule has 0 fully saturated rings. The Labute approximate surface area is 198 Å². The minimum atomic E-state index is -3.95. The van der Waals surface area contributed by atoms with Gasteiger partial charge in [0.2, 0.25) is 5.78 Å². The summed E-state index contributed by atoms with van der Waals surface area (Å²) in [4.78, 5) is 13.6. The van der Waals surface area contributed by atoms with Crippen LogP contribution in [0.4, 0.5) is 0 Å². The summed E-state index contributed by atoms with van der Waals surface area (Å²) in [6.07, 6.45) is 0. The standard InChI is InChI=1S/C27H24O5P2/c28-25(26(29)33(31,21-13-5-1-6-14-21)22-15-7-2-8-16-22)27(30)34(32,23-17-9-3-10-18-23)24-19-11-4-12-20-24/h1-20,26-27,29-30H. The largest absolute Gasteiger partial charge is 0.377 e. The molecule has 2 atom stereocenters. The van der Waals surface area contributed by atoms with Crippen LogP contribution in [-0.4, -0.2) is 27.7 Å². The van der Waals surface area contributed by atoms with Gasteiger partial charge in [-0.3, -0.25) is 4.79 Å². The quantitative estimate of drug-likeness (QED) is 0.370. The highest BCUT2D eigenvalue weighted by atomic mass is 31.2. The van der Waals surface area contributed by atoms with Crippen LogP contribution in [0.3, 0.4) is 0 Å². The maximum absolute atomic E-state index is 14.4. The lowest BCUT2D eigenvalue weighted by atomic mass is 10.4. The highest BCUT2D eigenvalue weighted by molar-refractivity contribution is 7.81. The Kier molecular flexibility index (Phi) is 7.11. The van der Waals surface area contributed by atoms with E-state index in [4.69, 9.17) is 0 Å². The van der Waals surface area contributed by atoms with E-state index < -0.39 is 31.8 Å². The third kappa shape index (κ3) is 4.24. The molecule has 172 valence electrons. The van der Waals surface area contributed by atoms with Crippen molar-refractivity contribution in [3.05, 3.63) is 121 Å². The van der Waals surface area contributed by atoms with E-state index in [1.54, 1.807) is 121 Å². The number of benzene rings is 4. The molecule has 0 amide bonds. The van der Waals surface area contributed by atoms with E-state index in [9.17, 15) is 24.1 Å². The Bertz CT molecular complexity index is 1150. The van der Waals surface area contributed by atoms with Gasteiger partial charge in [-0.2, -0.15) is 0 Å². The predicted molar refractivity (Wildman–Crippen MR) is 137 cm³/mol. The van der Waals surface area contributed by atoms with Crippen molar-refractivity contribution in [1.29, 1.82) is 0 Å². The molecule has 2 N–H and O–H groups in total. The van der Waals surface area contributed by atoms with Crippen LogP contribution < -0.4 is 21.2 Å². The van der Waals surface area contributed by atoms with Gasteiger partial charge in [-0.05, 0) is 0 Å². The lowest BCUT2D eigenvalue weighted by Crippen LogP contribution is -2.41. The maximum Gasteiger partial charge on any atom is 0.205 e. The predicted octanol–water partition coefficient (Wildman–Crippen LogP) is 3.22. The number of Topliss-reactive ketones (excluding diaryl/α,β-unsaturated/α-hetero) is 1. The Morgan fingerprint density at radius 1 is 0.471 bits per heavy atom. The average Bonchev–Trinajstić information content (AvgIpc) is 2.92. The van der Waals surface area contributed by atoms with E-state index in [-0.39, 0.29) is 21.2 Å². The van der Waals surface area contributed by atoms with Crippen molar-refractivity contribution in [1.82, 2.24) is 0 Å². The van der Waals surface area contributed by atoms with Crippen molar-refractivity contribution in [2.75, 3.05) is 0 Å². The van der Waals surface area contributed by atoms with Crippen LogP contribution in [0.2, 0.25) is 0 Å². The summed E-state index contributed by atoms with van der Waals surface area (Å²) in [5, 5.41) is 23.6. The molecule has 0 heterocycles. The smallest absolute Gasteiger partial charge is 0.205 e. The van der Waals surface area contributed by atoms with Gasteiger partial charge >= 0.3 is 0 Å². The van der Waals surface area contributed by atoms with Crippen molar-refractivity contribution in [3.63, 3.8) is 0 Å². The van der Waals surface area contributed by atoms with Crippen LogP contribution in [0.15, 0.2) is 121 Å². The first kappa shape index (κ1) is 24.1. The molecule has 4 rings (SSSR count). The molecule has 4 aromatic rings. The van der Waals surface area contributed by atoms with Gasteiger partial charge in [-0.25, -0.2) is 0 Å². The molecule has 2 unspecified atom stereocenters. The van der Waals surface area contributed by atoms with Crippen LogP contribution in [0.25, 0.3) is 0 Å². The summed E-state index contributed by atoms with van der Waals surface area (Å²) in [5.74, 6) is -5.33. The molecule has 0 aliphatic heterocycles. The van der Waals surface area contributed by atoms with E-state index in [2.05, 4.69) is 0 Å². The molecule has 0 saturated carbocycles. The van der Waals surface area contributed by atoms with Gasteiger partial charge in [0.25, 0.3) is 0 Å². The highest BCUT2D eigenvalue weighted by Crippen LogP contribution is 2.53. The van der Waals surface area contributed by atoms with Crippen molar-refractivity contribution in [2.45, 2.75) is 11.7 Å². The first-order chi connectivity index (χ1) is 16.4. The summed E-state index contributed by atoms with van der Waals surface area (Å²) in [5.41, 5.74) is 0. The van der Waals surface area contributed by atoms with Crippen LogP contribution >= 0.6 is 14.3 Å².